The van der Waals surface area contributed by atoms with Gasteiger partial charge >= 0.3 is 0 Å². The Morgan fingerprint density at radius 1 is 1.41 bits per heavy atom. The van der Waals surface area contributed by atoms with Gasteiger partial charge in [0.15, 0.2) is 5.13 Å². The molecule has 0 aliphatic carbocycles. The monoisotopic (exact) mass is 337 g/mol. The van der Waals surface area contributed by atoms with E-state index in [2.05, 4.69) is 15.2 Å². The smallest absolute Gasteiger partial charge is 0.185 e. The van der Waals surface area contributed by atoms with Gasteiger partial charge in [-0.3, -0.25) is 0 Å². The molecule has 22 heavy (non-hydrogen) atoms. The summed E-state index contributed by atoms with van der Waals surface area (Å²) in [5, 5.41) is 7.53. The minimum absolute atomic E-state index is 0.511. The van der Waals surface area contributed by atoms with Crippen molar-refractivity contribution in [2.45, 2.75) is 25.4 Å². The maximum Gasteiger partial charge on any atom is 0.185 e. The predicted octanol–water partition coefficient (Wildman–Crippen LogP) is 3.56. The molecule has 1 fully saturated rings. The first-order valence-electron chi connectivity index (χ1n) is 7.47. The van der Waals surface area contributed by atoms with Crippen molar-refractivity contribution >= 4 is 28.1 Å². The lowest BCUT2D eigenvalue weighted by Crippen LogP contribution is -2.42. The SMILES string of the molecule is COc1cccc(Cl)c1CNC1CCN(c2nccs2)CC1. The van der Waals surface area contributed by atoms with Crippen LogP contribution in [0.4, 0.5) is 5.13 Å². The van der Waals surface area contributed by atoms with Crippen LogP contribution in [0.15, 0.2) is 29.8 Å². The van der Waals surface area contributed by atoms with Crippen LogP contribution in [0.5, 0.6) is 5.75 Å². The molecule has 1 aliphatic heterocycles. The summed E-state index contributed by atoms with van der Waals surface area (Å²) >= 11 is 7.99. The number of aromatic nitrogens is 1. The topological polar surface area (TPSA) is 37.4 Å². The lowest BCUT2D eigenvalue weighted by atomic mass is 10.0. The van der Waals surface area contributed by atoms with E-state index >= 15 is 0 Å². The number of nitrogens with one attached hydrogen (secondary N) is 1. The molecule has 1 saturated heterocycles. The number of thiazole rings is 1. The normalized spacial score (nSPS) is 16.0. The van der Waals surface area contributed by atoms with Gasteiger partial charge in [0.2, 0.25) is 0 Å². The van der Waals surface area contributed by atoms with E-state index < -0.39 is 0 Å². The number of ether oxygens (including phenoxy) is 1. The van der Waals surface area contributed by atoms with Gasteiger partial charge in [-0.1, -0.05) is 17.7 Å². The third-order valence-electron chi connectivity index (χ3n) is 4.05. The Kier molecular flexibility index (Phi) is 5.18. The van der Waals surface area contributed by atoms with Crippen molar-refractivity contribution in [3.05, 3.63) is 40.4 Å². The summed E-state index contributed by atoms with van der Waals surface area (Å²) in [4.78, 5) is 6.74. The van der Waals surface area contributed by atoms with E-state index in [1.807, 2.05) is 29.8 Å². The number of benzene rings is 1. The average molecular weight is 338 g/mol. The number of hydrogen-bond donors (Lipinski definition) is 1. The largest absolute Gasteiger partial charge is 0.496 e. The van der Waals surface area contributed by atoms with Crippen molar-refractivity contribution in [3.63, 3.8) is 0 Å². The predicted molar refractivity (Wildman–Crippen MR) is 92.2 cm³/mol. The lowest BCUT2D eigenvalue weighted by molar-refractivity contribution is 0.391. The summed E-state index contributed by atoms with van der Waals surface area (Å²) in [7, 11) is 1.68. The fraction of sp³-hybridized carbons (Fsp3) is 0.438. The molecule has 0 bridgehead atoms. The summed E-state index contributed by atoms with van der Waals surface area (Å²) in [5.74, 6) is 0.847. The maximum atomic E-state index is 6.28. The van der Waals surface area contributed by atoms with Gasteiger partial charge in [-0.15, -0.1) is 11.3 Å². The first-order valence-corrected chi connectivity index (χ1v) is 8.73. The highest BCUT2D eigenvalue weighted by Crippen LogP contribution is 2.27. The lowest BCUT2D eigenvalue weighted by Gasteiger charge is -2.32. The summed E-state index contributed by atoms with van der Waals surface area (Å²) in [6, 6.07) is 6.29. The molecule has 1 aromatic heterocycles. The first-order chi connectivity index (χ1) is 10.8. The molecule has 0 unspecified atom stereocenters. The van der Waals surface area contributed by atoms with E-state index in [4.69, 9.17) is 16.3 Å². The molecular weight excluding hydrogens is 318 g/mol. The van der Waals surface area contributed by atoms with Crippen LogP contribution in [-0.2, 0) is 6.54 Å². The highest BCUT2D eigenvalue weighted by molar-refractivity contribution is 7.13. The van der Waals surface area contributed by atoms with E-state index in [9.17, 15) is 0 Å². The quantitative estimate of drug-likeness (QED) is 0.905. The second-order valence-electron chi connectivity index (χ2n) is 5.38. The van der Waals surface area contributed by atoms with Gasteiger partial charge in [0, 0.05) is 47.8 Å². The van der Waals surface area contributed by atoms with E-state index in [0.717, 1.165) is 53.9 Å². The van der Waals surface area contributed by atoms with Crippen LogP contribution in [0, 0.1) is 0 Å². The van der Waals surface area contributed by atoms with Crippen molar-refractivity contribution < 1.29 is 4.74 Å². The molecule has 1 aromatic carbocycles. The van der Waals surface area contributed by atoms with Crippen LogP contribution in [0.3, 0.4) is 0 Å². The zero-order valence-electron chi connectivity index (χ0n) is 12.6. The number of hydrogen-bond acceptors (Lipinski definition) is 5. The minimum atomic E-state index is 0.511. The van der Waals surface area contributed by atoms with Crippen LogP contribution >= 0.6 is 22.9 Å². The third-order valence-corrected chi connectivity index (χ3v) is 5.23. The number of piperidine rings is 1. The van der Waals surface area contributed by atoms with Gasteiger partial charge in [0.25, 0.3) is 0 Å². The molecule has 0 saturated carbocycles. The standard InChI is InChI=1S/C16H20ClN3OS/c1-21-15-4-2-3-14(17)13(15)11-19-12-5-8-20(9-6-12)16-18-7-10-22-16/h2-4,7,10,12,19H,5-6,8-9,11H2,1H3. The van der Waals surface area contributed by atoms with Gasteiger partial charge < -0.3 is 15.0 Å². The van der Waals surface area contributed by atoms with Gasteiger partial charge in [0.1, 0.15) is 5.75 Å². The molecule has 6 heteroatoms. The summed E-state index contributed by atoms with van der Waals surface area (Å²) in [5.41, 5.74) is 1.04. The summed E-state index contributed by atoms with van der Waals surface area (Å²) < 4.78 is 5.39. The first kappa shape index (κ1) is 15.6. The number of halogens is 1. The second kappa shape index (κ2) is 7.31. The molecule has 2 heterocycles. The van der Waals surface area contributed by atoms with E-state index in [1.54, 1.807) is 18.4 Å². The molecule has 0 radical (unpaired) electrons. The Bertz CT molecular complexity index is 597. The van der Waals surface area contributed by atoms with Crippen LogP contribution in [0.25, 0.3) is 0 Å². The van der Waals surface area contributed by atoms with Crippen LogP contribution in [-0.4, -0.2) is 31.2 Å². The zero-order chi connectivity index (χ0) is 15.4. The molecule has 1 aliphatic rings. The van der Waals surface area contributed by atoms with E-state index in [1.165, 1.54) is 0 Å². The van der Waals surface area contributed by atoms with Gasteiger partial charge in [-0.05, 0) is 25.0 Å². The molecule has 2 aromatic rings. The third kappa shape index (κ3) is 3.54. The number of rotatable bonds is 5. The van der Waals surface area contributed by atoms with Crippen molar-refractivity contribution in [3.8, 4) is 5.75 Å². The highest BCUT2D eigenvalue weighted by atomic mass is 35.5. The number of nitrogens with zero attached hydrogens (tertiary/aromatic N) is 2. The Morgan fingerprint density at radius 3 is 2.91 bits per heavy atom. The molecule has 0 amide bonds. The van der Waals surface area contributed by atoms with Crippen molar-refractivity contribution in [1.82, 2.24) is 10.3 Å². The average Bonchev–Trinajstić information content (AvgIpc) is 3.08. The van der Waals surface area contributed by atoms with Gasteiger partial charge in [0.05, 0.1) is 7.11 Å². The van der Waals surface area contributed by atoms with E-state index in [0.29, 0.717) is 6.04 Å². The summed E-state index contributed by atoms with van der Waals surface area (Å²) in [6.07, 6.45) is 4.10. The van der Waals surface area contributed by atoms with Crippen LogP contribution in [0.2, 0.25) is 5.02 Å². The fourth-order valence-corrected chi connectivity index (χ4v) is 3.72. The Labute approximate surface area is 140 Å². The second-order valence-corrected chi connectivity index (χ2v) is 6.66. The van der Waals surface area contributed by atoms with Crippen molar-refractivity contribution in [2.24, 2.45) is 0 Å². The van der Waals surface area contributed by atoms with Crippen molar-refractivity contribution in [1.29, 1.82) is 0 Å². The number of methoxy groups -OCH3 is 1. The molecule has 0 spiro atoms. The highest BCUT2D eigenvalue weighted by Gasteiger charge is 2.20. The Balaban J connectivity index is 1.54. The number of anilines is 1. The molecule has 3 rings (SSSR count). The zero-order valence-corrected chi connectivity index (χ0v) is 14.2. The van der Waals surface area contributed by atoms with Gasteiger partial charge in [-0.25, -0.2) is 4.98 Å². The van der Waals surface area contributed by atoms with Crippen molar-refractivity contribution in [2.75, 3.05) is 25.1 Å². The van der Waals surface area contributed by atoms with Crippen LogP contribution in [0.1, 0.15) is 18.4 Å². The van der Waals surface area contributed by atoms with Crippen LogP contribution < -0.4 is 15.0 Å². The van der Waals surface area contributed by atoms with E-state index in [-0.39, 0.29) is 0 Å². The fourth-order valence-electron chi connectivity index (χ4n) is 2.80. The molecule has 1 N–H and O–H groups in total. The molecule has 0 atom stereocenters. The molecule has 4 nitrogen and oxygen atoms in total. The van der Waals surface area contributed by atoms with Gasteiger partial charge in [-0.2, -0.15) is 0 Å². The maximum absolute atomic E-state index is 6.28. The summed E-state index contributed by atoms with van der Waals surface area (Å²) in [6.45, 7) is 2.83. The minimum Gasteiger partial charge on any atom is -0.496 e. The Hall–Kier alpha value is -1.30. The molecule has 118 valence electrons. The Morgan fingerprint density at radius 2 is 2.23 bits per heavy atom. The molecular formula is C16H20ClN3OS.